The Labute approximate surface area is 104 Å². The number of hydrogen-bond acceptors (Lipinski definition) is 3. The molecule has 0 aliphatic rings. The third kappa shape index (κ3) is 4.08. The molecule has 17 heavy (non-hydrogen) atoms. The molecule has 0 radical (unpaired) electrons. The number of rotatable bonds is 5. The van der Waals surface area contributed by atoms with Gasteiger partial charge in [-0.2, -0.15) is 5.26 Å². The van der Waals surface area contributed by atoms with Gasteiger partial charge in [-0.15, -0.1) is 0 Å². The number of aryl methyl sites for hydroxylation is 1. The van der Waals surface area contributed by atoms with Crippen LogP contribution in [0.2, 0.25) is 0 Å². The Bertz CT molecular complexity index is 404. The highest BCUT2D eigenvalue weighted by molar-refractivity contribution is 5.59. The predicted octanol–water partition coefficient (Wildman–Crippen LogP) is 2.25. The SMILES string of the molecule is Cc1ccc(N(C)CCCN(C)C)c(C#N)c1. The van der Waals surface area contributed by atoms with E-state index in [0.29, 0.717) is 0 Å². The molecule has 3 heteroatoms. The number of nitrogens with zero attached hydrogens (tertiary/aromatic N) is 3. The Kier molecular flexibility index (Phi) is 4.99. The van der Waals surface area contributed by atoms with Crippen LogP contribution in [0.25, 0.3) is 0 Å². The molecule has 1 aromatic carbocycles. The van der Waals surface area contributed by atoms with Crippen LogP contribution in [0.15, 0.2) is 18.2 Å². The first-order valence-electron chi connectivity index (χ1n) is 5.91. The van der Waals surface area contributed by atoms with Crippen LogP contribution in [0.5, 0.6) is 0 Å². The van der Waals surface area contributed by atoms with Gasteiger partial charge in [-0.1, -0.05) is 6.07 Å². The molecular formula is C14H21N3. The Hall–Kier alpha value is -1.53. The summed E-state index contributed by atoms with van der Waals surface area (Å²) in [4.78, 5) is 4.33. The standard InChI is InChI=1S/C14H21N3/c1-12-6-7-14(13(10-12)11-15)17(4)9-5-8-16(2)3/h6-7,10H,5,8-9H2,1-4H3. The summed E-state index contributed by atoms with van der Waals surface area (Å²) in [7, 11) is 6.19. The van der Waals surface area contributed by atoms with Crippen LogP contribution in [0.4, 0.5) is 5.69 Å². The van der Waals surface area contributed by atoms with Gasteiger partial charge in [0.2, 0.25) is 0 Å². The van der Waals surface area contributed by atoms with Gasteiger partial charge in [0.1, 0.15) is 6.07 Å². The molecular weight excluding hydrogens is 210 g/mol. The van der Waals surface area contributed by atoms with Crippen molar-refractivity contribution < 1.29 is 0 Å². The summed E-state index contributed by atoms with van der Waals surface area (Å²) >= 11 is 0. The zero-order valence-corrected chi connectivity index (χ0v) is 11.2. The first kappa shape index (κ1) is 13.5. The van der Waals surface area contributed by atoms with Crippen molar-refractivity contribution >= 4 is 5.69 Å². The van der Waals surface area contributed by atoms with E-state index in [9.17, 15) is 0 Å². The summed E-state index contributed by atoms with van der Waals surface area (Å²) in [5.41, 5.74) is 2.92. The zero-order valence-electron chi connectivity index (χ0n) is 11.2. The van der Waals surface area contributed by atoms with Crippen molar-refractivity contribution in [2.24, 2.45) is 0 Å². The van der Waals surface area contributed by atoms with E-state index in [2.05, 4.69) is 36.0 Å². The predicted molar refractivity (Wildman–Crippen MR) is 72.3 cm³/mol. The zero-order chi connectivity index (χ0) is 12.8. The van der Waals surface area contributed by atoms with Gasteiger partial charge < -0.3 is 9.80 Å². The minimum absolute atomic E-state index is 0.761. The molecule has 92 valence electrons. The second-order valence-corrected chi connectivity index (χ2v) is 4.71. The molecule has 0 saturated heterocycles. The van der Waals surface area contributed by atoms with Gasteiger partial charge in [0, 0.05) is 13.6 Å². The second kappa shape index (κ2) is 6.27. The fourth-order valence-electron chi connectivity index (χ4n) is 1.82. The molecule has 0 amide bonds. The van der Waals surface area contributed by atoms with Crippen LogP contribution in [0.1, 0.15) is 17.5 Å². The van der Waals surface area contributed by atoms with Crippen molar-refractivity contribution in [2.75, 3.05) is 39.1 Å². The molecule has 0 aliphatic carbocycles. The lowest BCUT2D eigenvalue weighted by molar-refractivity contribution is 0.401. The molecule has 0 saturated carbocycles. The highest BCUT2D eigenvalue weighted by Crippen LogP contribution is 2.20. The molecule has 0 aromatic heterocycles. The Morgan fingerprint density at radius 1 is 1.18 bits per heavy atom. The molecule has 0 atom stereocenters. The summed E-state index contributed by atoms with van der Waals surface area (Å²) < 4.78 is 0. The van der Waals surface area contributed by atoms with Crippen LogP contribution >= 0.6 is 0 Å². The van der Waals surface area contributed by atoms with E-state index >= 15 is 0 Å². The quantitative estimate of drug-likeness (QED) is 0.778. The van der Waals surface area contributed by atoms with E-state index in [4.69, 9.17) is 5.26 Å². The van der Waals surface area contributed by atoms with Gasteiger partial charge in [-0.3, -0.25) is 0 Å². The van der Waals surface area contributed by atoms with Gasteiger partial charge in [0.25, 0.3) is 0 Å². The Morgan fingerprint density at radius 2 is 1.88 bits per heavy atom. The van der Waals surface area contributed by atoms with Crippen LogP contribution in [-0.4, -0.2) is 39.1 Å². The Morgan fingerprint density at radius 3 is 2.47 bits per heavy atom. The maximum absolute atomic E-state index is 9.12. The second-order valence-electron chi connectivity index (χ2n) is 4.71. The molecule has 0 N–H and O–H groups in total. The highest BCUT2D eigenvalue weighted by atomic mass is 15.1. The first-order valence-corrected chi connectivity index (χ1v) is 5.91. The Balaban J connectivity index is 2.69. The van der Waals surface area contributed by atoms with E-state index < -0.39 is 0 Å². The van der Waals surface area contributed by atoms with Gasteiger partial charge in [-0.05, 0) is 51.7 Å². The average molecular weight is 231 g/mol. The van der Waals surface area contributed by atoms with Crippen molar-refractivity contribution in [2.45, 2.75) is 13.3 Å². The van der Waals surface area contributed by atoms with Crippen LogP contribution in [0.3, 0.4) is 0 Å². The first-order chi connectivity index (χ1) is 8.04. The van der Waals surface area contributed by atoms with Crippen LogP contribution < -0.4 is 4.90 Å². The van der Waals surface area contributed by atoms with Gasteiger partial charge >= 0.3 is 0 Å². The summed E-state index contributed by atoms with van der Waals surface area (Å²) in [5, 5.41) is 9.12. The number of hydrogen-bond donors (Lipinski definition) is 0. The average Bonchev–Trinajstić information content (AvgIpc) is 2.28. The normalized spacial score (nSPS) is 10.4. The van der Waals surface area contributed by atoms with Crippen molar-refractivity contribution in [1.29, 1.82) is 5.26 Å². The molecule has 0 heterocycles. The van der Waals surface area contributed by atoms with E-state index in [-0.39, 0.29) is 0 Å². The number of nitriles is 1. The van der Waals surface area contributed by atoms with E-state index in [1.807, 2.05) is 26.1 Å². The highest BCUT2D eigenvalue weighted by Gasteiger charge is 2.07. The maximum Gasteiger partial charge on any atom is 0.101 e. The van der Waals surface area contributed by atoms with Crippen LogP contribution in [0, 0.1) is 18.3 Å². The lowest BCUT2D eigenvalue weighted by Crippen LogP contribution is -2.23. The van der Waals surface area contributed by atoms with E-state index in [1.165, 1.54) is 0 Å². The minimum Gasteiger partial charge on any atom is -0.373 e. The smallest absolute Gasteiger partial charge is 0.101 e. The monoisotopic (exact) mass is 231 g/mol. The van der Waals surface area contributed by atoms with Crippen LogP contribution in [-0.2, 0) is 0 Å². The molecule has 1 aromatic rings. The fraction of sp³-hybridized carbons (Fsp3) is 0.500. The van der Waals surface area contributed by atoms with Crippen molar-refractivity contribution in [3.8, 4) is 6.07 Å². The number of anilines is 1. The lowest BCUT2D eigenvalue weighted by atomic mass is 10.1. The van der Waals surface area contributed by atoms with E-state index in [0.717, 1.165) is 36.3 Å². The number of benzene rings is 1. The molecule has 0 aliphatic heterocycles. The molecule has 3 nitrogen and oxygen atoms in total. The molecule has 0 spiro atoms. The summed E-state index contributed by atoms with van der Waals surface area (Å²) in [6.07, 6.45) is 1.10. The van der Waals surface area contributed by atoms with Crippen molar-refractivity contribution in [3.05, 3.63) is 29.3 Å². The summed E-state index contributed by atoms with van der Waals surface area (Å²) in [6.45, 7) is 4.05. The van der Waals surface area contributed by atoms with E-state index in [1.54, 1.807) is 0 Å². The molecule has 1 rings (SSSR count). The van der Waals surface area contributed by atoms with Gasteiger partial charge in [-0.25, -0.2) is 0 Å². The summed E-state index contributed by atoms with van der Waals surface area (Å²) in [5.74, 6) is 0. The maximum atomic E-state index is 9.12. The fourth-order valence-corrected chi connectivity index (χ4v) is 1.82. The topological polar surface area (TPSA) is 30.3 Å². The van der Waals surface area contributed by atoms with Crippen molar-refractivity contribution in [1.82, 2.24) is 4.90 Å². The largest absolute Gasteiger partial charge is 0.373 e. The third-order valence-corrected chi connectivity index (χ3v) is 2.78. The third-order valence-electron chi connectivity index (χ3n) is 2.78. The molecule has 0 fully saturated rings. The minimum atomic E-state index is 0.761. The lowest BCUT2D eigenvalue weighted by Gasteiger charge is -2.21. The van der Waals surface area contributed by atoms with Crippen molar-refractivity contribution in [3.63, 3.8) is 0 Å². The molecule has 0 bridgehead atoms. The van der Waals surface area contributed by atoms with Gasteiger partial charge in [0.05, 0.1) is 11.3 Å². The summed E-state index contributed by atoms with van der Waals surface area (Å²) in [6, 6.07) is 8.29. The van der Waals surface area contributed by atoms with Gasteiger partial charge in [0.15, 0.2) is 0 Å². The molecule has 0 unspecified atom stereocenters.